The molecule has 4 amide bonds. The summed E-state index contributed by atoms with van der Waals surface area (Å²) in [6.45, 7) is 15.9. The highest BCUT2D eigenvalue weighted by Crippen LogP contribution is 2.41. The van der Waals surface area contributed by atoms with E-state index in [1.165, 1.54) is 21.5 Å². The van der Waals surface area contributed by atoms with E-state index < -0.39 is 47.2 Å². The number of aromatic nitrogens is 1. The van der Waals surface area contributed by atoms with Gasteiger partial charge >= 0.3 is 5.97 Å². The summed E-state index contributed by atoms with van der Waals surface area (Å²) in [4.78, 5) is 72.4. The Bertz CT molecular complexity index is 2490. The Morgan fingerprint density at radius 2 is 1.83 bits per heavy atom. The number of hydrazine groups is 1. The van der Waals surface area contributed by atoms with Crippen LogP contribution in [0.5, 0.6) is 5.75 Å². The number of nitrogens with zero attached hydrogens (tertiary/aromatic N) is 4. The highest BCUT2D eigenvalue weighted by atomic mass is 16.5. The number of aromatic hydroxyl groups is 1. The van der Waals surface area contributed by atoms with Crippen LogP contribution in [-0.2, 0) is 59.3 Å². The zero-order valence-corrected chi connectivity index (χ0v) is 39.5. The van der Waals surface area contributed by atoms with Crippen molar-refractivity contribution in [3.8, 4) is 28.1 Å². The van der Waals surface area contributed by atoms with Gasteiger partial charge in [0.1, 0.15) is 23.9 Å². The fourth-order valence-corrected chi connectivity index (χ4v) is 10.1. The number of carbonyl (C=O) groups is 5. The van der Waals surface area contributed by atoms with Crippen LogP contribution in [0, 0.1) is 17.3 Å². The Labute approximate surface area is 388 Å². The smallest absolute Gasteiger partial charge is 0.324 e. The molecule has 1 aromatic heterocycles. The molecule has 4 aromatic rings. The zero-order chi connectivity index (χ0) is 47.4. The van der Waals surface area contributed by atoms with Gasteiger partial charge < -0.3 is 34.3 Å². The van der Waals surface area contributed by atoms with Gasteiger partial charge in [-0.2, -0.15) is 0 Å². The summed E-state index contributed by atoms with van der Waals surface area (Å²) >= 11 is 0. The van der Waals surface area contributed by atoms with Gasteiger partial charge in [0.2, 0.25) is 17.7 Å². The van der Waals surface area contributed by atoms with Crippen molar-refractivity contribution in [2.24, 2.45) is 17.3 Å². The van der Waals surface area contributed by atoms with Crippen molar-refractivity contribution in [3.63, 3.8) is 0 Å². The summed E-state index contributed by atoms with van der Waals surface area (Å²) in [5, 5.41) is 16.8. The van der Waals surface area contributed by atoms with Crippen LogP contribution in [0.15, 0.2) is 73.3 Å². The van der Waals surface area contributed by atoms with Crippen LogP contribution in [0.1, 0.15) is 70.6 Å². The van der Waals surface area contributed by atoms with Gasteiger partial charge in [-0.25, -0.2) is 5.43 Å². The topological polar surface area (TPSA) is 163 Å². The van der Waals surface area contributed by atoms with Crippen LogP contribution in [0.25, 0.3) is 33.3 Å². The number of phenols is 1. The number of ether oxygens (including phenoxy) is 2. The summed E-state index contributed by atoms with van der Waals surface area (Å²) in [5.74, 6) is -2.81. The first-order valence-electron chi connectivity index (χ1n) is 23.3. The van der Waals surface area contributed by atoms with Crippen molar-refractivity contribution < 1.29 is 38.6 Å². The summed E-state index contributed by atoms with van der Waals surface area (Å²) in [6.07, 6.45) is 3.97. The molecule has 6 bridgehead atoms. The second-order valence-electron chi connectivity index (χ2n) is 19.2. The predicted molar refractivity (Wildman–Crippen MR) is 254 cm³/mol. The number of cyclic esters (lactones) is 1. The summed E-state index contributed by atoms with van der Waals surface area (Å²) in [7, 11) is 3.29. The predicted octanol–water partition coefficient (Wildman–Crippen LogP) is 6.06. The summed E-state index contributed by atoms with van der Waals surface area (Å²) < 4.78 is 14.0. The number of rotatable bonds is 11. The van der Waals surface area contributed by atoms with Crippen LogP contribution in [-0.4, -0.2) is 119 Å². The number of esters is 1. The first-order chi connectivity index (χ1) is 31.5. The number of benzene rings is 3. The SMILES string of the molecule is C=CC(=O)N1CC[C@H](C(=O)N(C)[C@H](C(=O)N[C@H]2Cc3cc(O)cc(c3)-c3ccc4c(c3)c(c(-c3ccccc3CCOC)n4CC)CC(C)(C)COC(=O)[C@@H]3CCCN(N3)C2=O)C(C)C)C1. The molecule has 66 heavy (non-hydrogen) atoms. The third-order valence-electron chi connectivity index (χ3n) is 13.4. The lowest BCUT2D eigenvalue weighted by Gasteiger charge is -2.37. The Morgan fingerprint density at radius 3 is 2.56 bits per heavy atom. The van der Waals surface area contributed by atoms with Gasteiger partial charge in [0, 0.05) is 68.6 Å². The van der Waals surface area contributed by atoms with Crippen LogP contribution < -0.4 is 10.7 Å². The molecule has 0 spiro atoms. The number of fused-ring (bicyclic) bond motifs is 6. The van der Waals surface area contributed by atoms with Gasteiger partial charge in [-0.05, 0) is 103 Å². The largest absolute Gasteiger partial charge is 0.508 e. The summed E-state index contributed by atoms with van der Waals surface area (Å²) in [5.41, 5.74) is 10.4. The molecular formula is C52H66N6O8. The van der Waals surface area contributed by atoms with Crippen LogP contribution in [0.2, 0.25) is 0 Å². The van der Waals surface area contributed by atoms with Crippen LogP contribution >= 0.6 is 0 Å². The normalized spacial score (nSPS) is 20.5. The third-order valence-corrected chi connectivity index (χ3v) is 13.4. The molecule has 14 nitrogen and oxygen atoms in total. The first-order valence-corrected chi connectivity index (χ1v) is 23.3. The Hall–Kier alpha value is -5.99. The number of aryl methyl sites for hydroxylation is 1. The van der Waals surface area contributed by atoms with E-state index in [4.69, 9.17) is 9.47 Å². The number of carbonyl (C=O) groups excluding carboxylic acids is 5. The van der Waals surface area contributed by atoms with Gasteiger partial charge in [0.15, 0.2) is 0 Å². The molecule has 0 aliphatic carbocycles. The van der Waals surface area contributed by atoms with Crippen LogP contribution in [0.4, 0.5) is 0 Å². The second kappa shape index (κ2) is 20.3. The van der Waals surface area contributed by atoms with E-state index in [1.807, 2.05) is 26.0 Å². The third kappa shape index (κ3) is 10.2. The number of phenolic OH excluding ortho intramolecular Hbond substituents is 1. The molecule has 4 atom stereocenters. The molecule has 3 aromatic carbocycles. The molecule has 4 heterocycles. The van der Waals surface area contributed by atoms with E-state index in [1.54, 1.807) is 31.2 Å². The molecule has 14 heteroatoms. The van der Waals surface area contributed by atoms with Crippen molar-refractivity contribution in [1.82, 2.24) is 30.1 Å². The van der Waals surface area contributed by atoms with Crippen molar-refractivity contribution in [2.75, 3.05) is 47.0 Å². The van der Waals surface area contributed by atoms with Crippen molar-refractivity contribution >= 4 is 40.5 Å². The minimum Gasteiger partial charge on any atom is -0.508 e. The lowest BCUT2D eigenvalue weighted by Crippen LogP contribution is -2.62. The minimum atomic E-state index is -1.16. The molecule has 3 aliphatic heterocycles. The lowest BCUT2D eigenvalue weighted by atomic mass is 9.83. The summed E-state index contributed by atoms with van der Waals surface area (Å²) in [6, 6.07) is 17.1. The van der Waals surface area contributed by atoms with E-state index in [0.717, 1.165) is 45.3 Å². The van der Waals surface area contributed by atoms with Gasteiger partial charge in [0.25, 0.3) is 5.91 Å². The monoisotopic (exact) mass is 902 g/mol. The van der Waals surface area contributed by atoms with Gasteiger partial charge in [-0.15, -0.1) is 0 Å². The van der Waals surface area contributed by atoms with Crippen LogP contribution in [0.3, 0.4) is 0 Å². The lowest BCUT2D eigenvalue weighted by molar-refractivity contribution is -0.155. The number of hydrogen-bond acceptors (Lipinski definition) is 9. The molecule has 3 N–H and O–H groups in total. The number of likely N-dealkylation sites (tertiary alicyclic amines) is 1. The first kappa shape index (κ1) is 48.0. The number of amides is 4. The maximum Gasteiger partial charge on any atom is 0.324 e. The van der Waals surface area contributed by atoms with E-state index >= 15 is 0 Å². The molecule has 0 unspecified atom stereocenters. The van der Waals surface area contributed by atoms with Gasteiger partial charge in [0.05, 0.1) is 24.8 Å². The molecule has 0 radical (unpaired) electrons. The van der Waals surface area contributed by atoms with E-state index in [2.05, 4.69) is 79.1 Å². The highest BCUT2D eigenvalue weighted by Gasteiger charge is 2.40. The Morgan fingerprint density at radius 1 is 1.06 bits per heavy atom. The fraction of sp³-hybridized carbons (Fsp3) is 0.481. The fourth-order valence-electron chi connectivity index (χ4n) is 10.1. The average molecular weight is 903 g/mol. The van der Waals surface area contributed by atoms with Gasteiger partial charge in [-0.1, -0.05) is 70.7 Å². The Kier molecular flexibility index (Phi) is 14.7. The quantitative estimate of drug-likeness (QED) is 0.120. The average Bonchev–Trinajstić information content (AvgIpc) is 3.91. The van der Waals surface area contributed by atoms with Crippen molar-refractivity contribution in [1.29, 1.82) is 0 Å². The van der Waals surface area contributed by atoms with Gasteiger partial charge in [-0.3, -0.25) is 29.0 Å². The standard InChI is InChI=1S/C52H66N6O8/c1-9-45(60)56-22-19-36(30-56)49(62)55(7)46(32(3)4)48(61)53-43-26-33-24-37(27-38(59)25-33)35-17-18-44-40(28-35)41(47(57(44)10-2)39-15-12-11-14-34(39)20-23-65-8)29-52(5,6)31-66-51(64)42-16-13-21-58(54-42)50(43)63/h9,11-12,14-15,17-18,24-25,27-28,32,36,42-43,46,54,59H,1,10,13,16,19-23,26,29-31H2,2-8H3,(H,53,61)/t36-,42-,43-,46-/m0/s1. The molecule has 0 saturated carbocycles. The number of hydrogen-bond donors (Lipinski definition) is 3. The molecule has 7 rings (SSSR count). The van der Waals surface area contributed by atoms with Crippen molar-refractivity contribution in [2.45, 2.75) is 97.8 Å². The molecule has 2 fully saturated rings. The maximum atomic E-state index is 14.7. The molecule has 3 aliphatic rings. The Balaban J connectivity index is 1.30. The second-order valence-corrected chi connectivity index (χ2v) is 19.2. The minimum absolute atomic E-state index is 0.000363. The van der Waals surface area contributed by atoms with E-state index in [-0.39, 0.29) is 49.6 Å². The van der Waals surface area contributed by atoms with E-state index in [0.29, 0.717) is 50.9 Å². The zero-order valence-electron chi connectivity index (χ0n) is 39.5. The number of likely N-dealkylation sites (N-methyl/N-ethyl adjacent to an activating group) is 1. The number of nitrogens with one attached hydrogen (secondary N) is 2. The highest BCUT2D eigenvalue weighted by molar-refractivity contribution is 5.96. The molecular weight excluding hydrogens is 837 g/mol. The molecule has 352 valence electrons. The molecule has 2 saturated heterocycles. The number of methoxy groups -OCH3 is 1. The van der Waals surface area contributed by atoms with Crippen molar-refractivity contribution in [3.05, 3.63) is 90.0 Å². The van der Waals surface area contributed by atoms with E-state index in [9.17, 15) is 29.1 Å². The maximum absolute atomic E-state index is 14.7.